The van der Waals surface area contributed by atoms with Crippen LogP contribution in [0, 0.1) is 5.92 Å². The summed E-state index contributed by atoms with van der Waals surface area (Å²) >= 11 is 1.88. The first-order valence-corrected chi connectivity index (χ1v) is 8.27. The lowest BCUT2D eigenvalue weighted by Crippen LogP contribution is -2.38. The second kappa shape index (κ2) is 13.3. The maximum absolute atomic E-state index is 5.58. The highest BCUT2D eigenvalue weighted by atomic mass is 127. The van der Waals surface area contributed by atoms with Crippen molar-refractivity contribution in [3.63, 3.8) is 0 Å². The Morgan fingerprint density at radius 1 is 1.26 bits per heavy atom. The standard InChI is InChI=1S/C13H27N3OS.HI/c1-14-13(16-8-4-10-18-2)15-7-3-9-17-11-12-5-6-12;/h12H,3-11H2,1-2H3,(H2,14,15,16);1H. The molecule has 114 valence electrons. The average molecular weight is 401 g/mol. The van der Waals surface area contributed by atoms with Crippen LogP contribution in [0.4, 0.5) is 0 Å². The van der Waals surface area contributed by atoms with Crippen molar-refractivity contribution in [3.8, 4) is 0 Å². The zero-order chi connectivity index (χ0) is 13.1. The maximum atomic E-state index is 5.58. The van der Waals surface area contributed by atoms with Crippen molar-refractivity contribution in [2.24, 2.45) is 10.9 Å². The number of thioether (sulfide) groups is 1. The highest BCUT2D eigenvalue weighted by Gasteiger charge is 2.20. The number of ether oxygens (including phenoxy) is 1. The zero-order valence-electron chi connectivity index (χ0n) is 12.1. The number of nitrogens with one attached hydrogen (secondary N) is 2. The Hall–Kier alpha value is 0.310. The minimum atomic E-state index is 0. The van der Waals surface area contributed by atoms with Gasteiger partial charge in [0.1, 0.15) is 0 Å². The lowest BCUT2D eigenvalue weighted by molar-refractivity contribution is 0.123. The summed E-state index contributed by atoms with van der Waals surface area (Å²) in [6.45, 7) is 3.72. The molecule has 0 aliphatic heterocycles. The van der Waals surface area contributed by atoms with Gasteiger partial charge in [-0.25, -0.2) is 0 Å². The molecule has 1 aliphatic rings. The molecule has 0 unspecified atom stereocenters. The Morgan fingerprint density at radius 3 is 2.53 bits per heavy atom. The van der Waals surface area contributed by atoms with Gasteiger partial charge in [-0.3, -0.25) is 4.99 Å². The van der Waals surface area contributed by atoms with Gasteiger partial charge in [-0.1, -0.05) is 0 Å². The molecule has 1 rings (SSSR count). The van der Waals surface area contributed by atoms with Crippen LogP contribution in [0.3, 0.4) is 0 Å². The first kappa shape index (κ1) is 19.3. The Balaban J connectivity index is 0.00000324. The summed E-state index contributed by atoms with van der Waals surface area (Å²) < 4.78 is 5.58. The quantitative estimate of drug-likeness (QED) is 0.255. The summed E-state index contributed by atoms with van der Waals surface area (Å²) in [5.74, 6) is 2.96. The van der Waals surface area contributed by atoms with Crippen molar-refractivity contribution in [2.45, 2.75) is 25.7 Å². The van der Waals surface area contributed by atoms with Gasteiger partial charge in [0, 0.05) is 33.4 Å². The lowest BCUT2D eigenvalue weighted by Gasteiger charge is -2.11. The third-order valence-corrected chi connectivity index (χ3v) is 3.55. The predicted octanol–water partition coefficient (Wildman–Crippen LogP) is 2.34. The van der Waals surface area contributed by atoms with Gasteiger partial charge in [-0.2, -0.15) is 11.8 Å². The third-order valence-electron chi connectivity index (χ3n) is 2.85. The molecule has 0 aromatic rings. The third kappa shape index (κ3) is 11.8. The molecular formula is C13H28IN3OS. The molecule has 0 aromatic heterocycles. The van der Waals surface area contributed by atoms with E-state index < -0.39 is 0 Å². The van der Waals surface area contributed by atoms with Crippen LogP contribution in [0.15, 0.2) is 4.99 Å². The van der Waals surface area contributed by atoms with E-state index >= 15 is 0 Å². The lowest BCUT2D eigenvalue weighted by atomic mass is 10.4. The van der Waals surface area contributed by atoms with Crippen LogP contribution >= 0.6 is 35.7 Å². The van der Waals surface area contributed by atoms with Crippen LogP contribution in [0.1, 0.15) is 25.7 Å². The Morgan fingerprint density at radius 2 is 1.95 bits per heavy atom. The molecule has 0 heterocycles. The molecule has 0 saturated heterocycles. The fraction of sp³-hybridized carbons (Fsp3) is 0.923. The molecule has 2 N–H and O–H groups in total. The molecule has 0 bridgehead atoms. The van der Waals surface area contributed by atoms with Crippen molar-refractivity contribution in [1.29, 1.82) is 0 Å². The van der Waals surface area contributed by atoms with Gasteiger partial charge in [0.05, 0.1) is 0 Å². The molecule has 0 aromatic carbocycles. The fourth-order valence-electron chi connectivity index (χ4n) is 1.56. The molecule has 0 spiro atoms. The van der Waals surface area contributed by atoms with E-state index in [1.54, 1.807) is 0 Å². The van der Waals surface area contributed by atoms with Gasteiger partial charge in [-0.15, -0.1) is 24.0 Å². The van der Waals surface area contributed by atoms with Crippen molar-refractivity contribution in [3.05, 3.63) is 0 Å². The summed E-state index contributed by atoms with van der Waals surface area (Å²) in [6.07, 6.45) is 7.08. The first-order valence-electron chi connectivity index (χ1n) is 6.88. The number of halogens is 1. The maximum Gasteiger partial charge on any atom is 0.190 e. The minimum absolute atomic E-state index is 0. The molecule has 0 amide bonds. The van der Waals surface area contributed by atoms with Gasteiger partial charge in [-0.05, 0) is 43.6 Å². The van der Waals surface area contributed by atoms with E-state index in [1.165, 1.54) is 25.0 Å². The van der Waals surface area contributed by atoms with E-state index in [9.17, 15) is 0 Å². The highest BCUT2D eigenvalue weighted by Crippen LogP contribution is 2.28. The van der Waals surface area contributed by atoms with E-state index in [0.717, 1.165) is 44.6 Å². The molecule has 1 saturated carbocycles. The number of aliphatic imine (C=N–C) groups is 1. The minimum Gasteiger partial charge on any atom is -0.381 e. The number of nitrogens with zero attached hydrogens (tertiary/aromatic N) is 1. The van der Waals surface area contributed by atoms with Gasteiger partial charge in [0.15, 0.2) is 5.96 Å². The van der Waals surface area contributed by atoms with E-state index in [0.29, 0.717) is 0 Å². The van der Waals surface area contributed by atoms with Gasteiger partial charge < -0.3 is 15.4 Å². The largest absolute Gasteiger partial charge is 0.381 e. The van der Waals surface area contributed by atoms with Crippen LogP contribution in [-0.4, -0.2) is 51.3 Å². The number of hydrogen-bond acceptors (Lipinski definition) is 3. The monoisotopic (exact) mass is 401 g/mol. The van der Waals surface area contributed by atoms with E-state index in [2.05, 4.69) is 21.9 Å². The van der Waals surface area contributed by atoms with Gasteiger partial charge in [0.25, 0.3) is 0 Å². The fourth-order valence-corrected chi connectivity index (χ4v) is 1.99. The molecular weight excluding hydrogens is 373 g/mol. The van der Waals surface area contributed by atoms with E-state index in [1.807, 2.05) is 18.8 Å². The molecule has 1 aliphatic carbocycles. The van der Waals surface area contributed by atoms with Crippen molar-refractivity contribution in [1.82, 2.24) is 10.6 Å². The normalized spacial score (nSPS) is 14.9. The average Bonchev–Trinajstić information content (AvgIpc) is 3.20. The van der Waals surface area contributed by atoms with Gasteiger partial charge in [0.2, 0.25) is 0 Å². The smallest absolute Gasteiger partial charge is 0.190 e. The molecule has 0 atom stereocenters. The second-order valence-electron chi connectivity index (χ2n) is 4.64. The van der Waals surface area contributed by atoms with E-state index in [4.69, 9.17) is 4.74 Å². The Kier molecular flexibility index (Phi) is 13.5. The Bertz CT molecular complexity index is 238. The van der Waals surface area contributed by atoms with Crippen molar-refractivity contribution in [2.75, 3.05) is 45.4 Å². The Labute approximate surface area is 138 Å². The molecule has 19 heavy (non-hydrogen) atoms. The summed E-state index contributed by atoms with van der Waals surface area (Å²) in [5, 5.41) is 6.61. The zero-order valence-corrected chi connectivity index (χ0v) is 15.3. The topological polar surface area (TPSA) is 45.7 Å². The summed E-state index contributed by atoms with van der Waals surface area (Å²) in [7, 11) is 1.81. The number of guanidine groups is 1. The number of rotatable bonds is 10. The van der Waals surface area contributed by atoms with Crippen molar-refractivity contribution >= 4 is 41.7 Å². The van der Waals surface area contributed by atoms with Crippen LogP contribution in [0.25, 0.3) is 0 Å². The van der Waals surface area contributed by atoms with Gasteiger partial charge >= 0.3 is 0 Å². The summed E-state index contributed by atoms with van der Waals surface area (Å²) in [5.41, 5.74) is 0. The molecule has 6 heteroatoms. The van der Waals surface area contributed by atoms with Crippen LogP contribution in [0.2, 0.25) is 0 Å². The van der Waals surface area contributed by atoms with Crippen LogP contribution in [-0.2, 0) is 4.74 Å². The summed E-state index contributed by atoms with van der Waals surface area (Å²) in [6, 6.07) is 0. The number of hydrogen-bond donors (Lipinski definition) is 2. The summed E-state index contributed by atoms with van der Waals surface area (Å²) in [4.78, 5) is 4.19. The van der Waals surface area contributed by atoms with Crippen LogP contribution in [0.5, 0.6) is 0 Å². The first-order chi connectivity index (χ1) is 8.86. The SMILES string of the molecule is CN=C(NCCCOCC1CC1)NCCCSC.I. The van der Waals surface area contributed by atoms with Crippen LogP contribution < -0.4 is 10.6 Å². The van der Waals surface area contributed by atoms with Crippen molar-refractivity contribution < 1.29 is 4.74 Å². The van der Waals surface area contributed by atoms with E-state index in [-0.39, 0.29) is 24.0 Å². The molecule has 4 nitrogen and oxygen atoms in total. The highest BCUT2D eigenvalue weighted by molar-refractivity contribution is 14.0. The molecule has 0 radical (unpaired) electrons. The predicted molar refractivity (Wildman–Crippen MR) is 95.9 cm³/mol. The second-order valence-corrected chi connectivity index (χ2v) is 5.63. The molecule has 1 fully saturated rings.